The molecule has 160 valence electrons. The van der Waals surface area contributed by atoms with E-state index in [0.717, 1.165) is 51.1 Å². The molecule has 0 fully saturated rings. The molecule has 30 heavy (non-hydrogen) atoms. The van der Waals surface area contributed by atoms with Crippen molar-refractivity contribution in [3.63, 3.8) is 0 Å². The van der Waals surface area contributed by atoms with E-state index in [1.807, 2.05) is 0 Å². The van der Waals surface area contributed by atoms with E-state index in [4.69, 9.17) is 4.74 Å². The van der Waals surface area contributed by atoms with Gasteiger partial charge in [0.25, 0.3) is 0 Å². The van der Waals surface area contributed by atoms with Crippen molar-refractivity contribution in [1.82, 2.24) is 5.32 Å². The van der Waals surface area contributed by atoms with Crippen LogP contribution in [-0.2, 0) is 19.4 Å². The van der Waals surface area contributed by atoms with Crippen molar-refractivity contribution in [3.05, 3.63) is 76.7 Å². The van der Waals surface area contributed by atoms with Crippen molar-refractivity contribution in [3.8, 4) is 16.2 Å². The summed E-state index contributed by atoms with van der Waals surface area (Å²) >= 11 is 1.77. The Kier molecular flexibility index (Phi) is 8.98. The molecule has 0 amide bonds. The van der Waals surface area contributed by atoms with E-state index in [1.54, 1.807) is 11.3 Å². The summed E-state index contributed by atoms with van der Waals surface area (Å²) in [5.74, 6) is 1.69. The minimum atomic E-state index is 0.704. The Balaban J connectivity index is 1.56. The molecule has 1 aromatic heterocycles. The summed E-state index contributed by atoms with van der Waals surface area (Å²) in [4.78, 5) is 1.27. The highest BCUT2D eigenvalue weighted by molar-refractivity contribution is 7.13. The number of rotatable bonds is 12. The Bertz CT molecular complexity index is 868. The molecular formula is C27H35NOS. The summed E-state index contributed by atoms with van der Waals surface area (Å²) in [5, 5.41) is 5.62. The molecule has 0 unspecified atom stereocenters. The first-order valence-electron chi connectivity index (χ1n) is 11.2. The van der Waals surface area contributed by atoms with E-state index in [0.29, 0.717) is 5.92 Å². The van der Waals surface area contributed by atoms with E-state index in [-0.39, 0.29) is 0 Å². The molecule has 3 rings (SSSR count). The maximum Gasteiger partial charge on any atom is 0.127 e. The van der Waals surface area contributed by atoms with Crippen molar-refractivity contribution in [1.29, 1.82) is 0 Å². The average molecular weight is 422 g/mol. The van der Waals surface area contributed by atoms with Crippen LogP contribution in [0.1, 0.15) is 50.3 Å². The molecule has 0 spiro atoms. The van der Waals surface area contributed by atoms with Crippen molar-refractivity contribution in [2.75, 3.05) is 13.2 Å². The van der Waals surface area contributed by atoms with Gasteiger partial charge in [-0.1, -0.05) is 57.2 Å². The van der Waals surface area contributed by atoms with Gasteiger partial charge in [-0.3, -0.25) is 0 Å². The van der Waals surface area contributed by atoms with Crippen LogP contribution in [0.4, 0.5) is 0 Å². The van der Waals surface area contributed by atoms with E-state index < -0.39 is 0 Å². The molecule has 0 aliphatic rings. The number of hydrogen-bond donors (Lipinski definition) is 1. The maximum absolute atomic E-state index is 6.23. The molecule has 1 heterocycles. The quantitative estimate of drug-likeness (QED) is 0.314. The normalized spacial score (nSPS) is 11.2. The van der Waals surface area contributed by atoms with E-state index in [2.05, 4.69) is 86.1 Å². The number of hydrogen-bond acceptors (Lipinski definition) is 3. The fourth-order valence-electron chi connectivity index (χ4n) is 3.62. The van der Waals surface area contributed by atoms with Gasteiger partial charge in [-0.2, -0.15) is 0 Å². The second-order valence-corrected chi connectivity index (χ2v) is 9.30. The highest BCUT2D eigenvalue weighted by Gasteiger charge is 2.09. The Morgan fingerprint density at radius 2 is 1.73 bits per heavy atom. The van der Waals surface area contributed by atoms with Gasteiger partial charge in [0.15, 0.2) is 0 Å². The number of ether oxygens (including phenoxy) is 1. The van der Waals surface area contributed by atoms with E-state index in [1.165, 1.54) is 27.1 Å². The van der Waals surface area contributed by atoms with Crippen LogP contribution in [0.25, 0.3) is 10.4 Å². The van der Waals surface area contributed by atoms with Crippen LogP contribution >= 0.6 is 11.3 Å². The highest BCUT2D eigenvalue weighted by atomic mass is 32.1. The Labute approximate surface area is 186 Å². The summed E-state index contributed by atoms with van der Waals surface area (Å²) in [7, 11) is 0. The number of benzene rings is 2. The zero-order valence-corrected chi connectivity index (χ0v) is 19.4. The molecule has 0 radical (unpaired) electrons. The molecule has 1 N–H and O–H groups in total. The van der Waals surface area contributed by atoms with Crippen LogP contribution in [0, 0.1) is 5.92 Å². The maximum atomic E-state index is 6.23. The Morgan fingerprint density at radius 1 is 0.967 bits per heavy atom. The lowest BCUT2D eigenvalue weighted by Gasteiger charge is -2.13. The first kappa shape index (κ1) is 22.6. The van der Waals surface area contributed by atoms with Gasteiger partial charge in [-0.05, 0) is 78.4 Å². The standard InChI is InChI=1S/C27H35NOS/c1-4-15-28-20-24-13-14-26(25(19-24)27-8-6-17-30-27)29-16-5-7-22-9-11-23(12-10-22)18-21(2)3/h6,8-14,17,19,21,28H,4-5,7,15-16,18,20H2,1-3H3. The van der Waals surface area contributed by atoms with Crippen molar-refractivity contribution < 1.29 is 4.74 Å². The molecule has 0 bridgehead atoms. The Hall–Kier alpha value is -2.10. The van der Waals surface area contributed by atoms with Crippen LogP contribution in [0.3, 0.4) is 0 Å². The lowest BCUT2D eigenvalue weighted by Crippen LogP contribution is -2.13. The van der Waals surface area contributed by atoms with Gasteiger partial charge in [0.2, 0.25) is 0 Å². The largest absolute Gasteiger partial charge is 0.493 e. The topological polar surface area (TPSA) is 21.3 Å². The number of aryl methyl sites for hydroxylation is 1. The fourth-order valence-corrected chi connectivity index (χ4v) is 4.37. The third-order valence-electron chi connectivity index (χ3n) is 5.12. The third kappa shape index (κ3) is 7.00. The number of thiophene rings is 1. The van der Waals surface area contributed by atoms with Crippen molar-refractivity contribution >= 4 is 11.3 Å². The summed E-state index contributed by atoms with van der Waals surface area (Å²) in [6, 6.07) is 20.0. The highest BCUT2D eigenvalue weighted by Crippen LogP contribution is 2.34. The average Bonchev–Trinajstić information content (AvgIpc) is 3.27. The second-order valence-electron chi connectivity index (χ2n) is 8.35. The number of nitrogens with one attached hydrogen (secondary N) is 1. The monoisotopic (exact) mass is 421 g/mol. The van der Waals surface area contributed by atoms with Gasteiger partial charge in [0.1, 0.15) is 5.75 Å². The van der Waals surface area contributed by atoms with Gasteiger partial charge >= 0.3 is 0 Å². The molecule has 2 nitrogen and oxygen atoms in total. The predicted octanol–water partition coefficient (Wildman–Crippen LogP) is 7.12. The molecule has 0 saturated heterocycles. The summed E-state index contributed by atoms with van der Waals surface area (Å²) in [6.07, 6.45) is 4.38. The zero-order valence-electron chi connectivity index (χ0n) is 18.6. The minimum Gasteiger partial charge on any atom is -0.493 e. The zero-order chi connectivity index (χ0) is 21.2. The molecule has 3 heteroatoms. The van der Waals surface area contributed by atoms with E-state index >= 15 is 0 Å². The molecule has 0 saturated carbocycles. The van der Waals surface area contributed by atoms with Gasteiger partial charge in [0, 0.05) is 17.0 Å². The first-order chi connectivity index (χ1) is 14.7. The molecular weight excluding hydrogens is 386 g/mol. The van der Waals surface area contributed by atoms with Crippen LogP contribution in [0.2, 0.25) is 0 Å². The van der Waals surface area contributed by atoms with Gasteiger partial charge in [-0.15, -0.1) is 11.3 Å². The molecule has 0 aliphatic heterocycles. The lowest BCUT2D eigenvalue weighted by atomic mass is 10.0. The van der Waals surface area contributed by atoms with Crippen molar-refractivity contribution in [2.24, 2.45) is 5.92 Å². The summed E-state index contributed by atoms with van der Waals surface area (Å²) in [6.45, 7) is 9.42. The molecule has 2 aromatic carbocycles. The predicted molar refractivity (Wildman–Crippen MR) is 131 cm³/mol. The molecule has 0 aliphatic carbocycles. The fraction of sp³-hybridized carbons (Fsp3) is 0.407. The van der Waals surface area contributed by atoms with Gasteiger partial charge in [-0.25, -0.2) is 0 Å². The smallest absolute Gasteiger partial charge is 0.127 e. The van der Waals surface area contributed by atoms with Gasteiger partial charge < -0.3 is 10.1 Å². The van der Waals surface area contributed by atoms with E-state index in [9.17, 15) is 0 Å². The minimum absolute atomic E-state index is 0.704. The summed E-state index contributed by atoms with van der Waals surface area (Å²) in [5.41, 5.74) is 5.33. The molecule has 3 aromatic rings. The van der Waals surface area contributed by atoms with Crippen LogP contribution in [-0.4, -0.2) is 13.2 Å². The van der Waals surface area contributed by atoms with Crippen LogP contribution in [0.15, 0.2) is 60.0 Å². The third-order valence-corrected chi connectivity index (χ3v) is 6.02. The lowest BCUT2D eigenvalue weighted by molar-refractivity contribution is 0.312. The van der Waals surface area contributed by atoms with Crippen molar-refractivity contribution in [2.45, 2.75) is 53.0 Å². The first-order valence-corrected chi connectivity index (χ1v) is 12.1. The van der Waals surface area contributed by atoms with Crippen LogP contribution in [0.5, 0.6) is 5.75 Å². The second kappa shape index (κ2) is 11.9. The van der Waals surface area contributed by atoms with Gasteiger partial charge in [0.05, 0.1) is 6.61 Å². The summed E-state index contributed by atoms with van der Waals surface area (Å²) < 4.78 is 6.23. The SMILES string of the molecule is CCCNCc1ccc(OCCCc2ccc(CC(C)C)cc2)c(-c2cccs2)c1. The van der Waals surface area contributed by atoms with Crippen LogP contribution < -0.4 is 10.1 Å². The Morgan fingerprint density at radius 3 is 2.43 bits per heavy atom. The molecule has 0 atom stereocenters.